The van der Waals surface area contributed by atoms with Gasteiger partial charge in [0.1, 0.15) is 11.9 Å². The third-order valence-electron chi connectivity index (χ3n) is 1.82. The number of hydrogen-bond acceptors (Lipinski definition) is 4. The van der Waals surface area contributed by atoms with Crippen LogP contribution in [0.25, 0.3) is 0 Å². The van der Waals surface area contributed by atoms with E-state index in [4.69, 9.17) is 11.0 Å². The van der Waals surface area contributed by atoms with Crippen LogP contribution in [0.3, 0.4) is 0 Å². The van der Waals surface area contributed by atoms with Crippen LogP contribution >= 0.6 is 0 Å². The maximum Gasteiger partial charge on any atom is 0.143 e. The quantitative estimate of drug-likeness (QED) is 0.745. The molecule has 0 aliphatic heterocycles. The molecule has 0 bridgehead atoms. The summed E-state index contributed by atoms with van der Waals surface area (Å²) in [5, 5.41) is 11.9. The van der Waals surface area contributed by atoms with Gasteiger partial charge in [-0.2, -0.15) is 5.26 Å². The van der Waals surface area contributed by atoms with E-state index in [9.17, 15) is 0 Å². The van der Waals surface area contributed by atoms with Gasteiger partial charge >= 0.3 is 0 Å². The molecule has 14 heavy (non-hydrogen) atoms. The van der Waals surface area contributed by atoms with E-state index in [1.165, 1.54) is 0 Å². The van der Waals surface area contributed by atoms with E-state index in [2.05, 4.69) is 16.4 Å². The van der Waals surface area contributed by atoms with Crippen LogP contribution in [0.5, 0.6) is 0 Å². The zero-order chi connectivity index (χ0) is 10.4. The van der Waals surface area contributed by atoms with Crippen molar-refractivity contribution in [1.29, 1.82) is 5.26 Å². The van der Waals surface area contributed by atoms with Crippen molar-refractivity contribution >= 4 is 5.82 Å². The summed E-state index contributed by atoms with van der Waals surface area (Å²) in [4.78, 5) is 4.07. The highest BCUT2D eigenvalue weighted by Crippen LogP contribution is 2.09. The Hall–Kier alpha value is -1.60. The summed E-state index contributed by atoms with van der Waals surface area (Å²) in [5.74, 6) is 0.635. The first-order valence-corrected chi connectivity index (χ1v) is 4.58. The molecule has 74 valence electrons. The van der Waals surface area contributed by atoms with Gasteiger partial charge in [-0.1, -0.05) is 0 Å². The highest BCUT2D eigenvalue weighted by Gasteiger charge is 2.01. The second-order valence-electron chi connectivity index (χ2n) is 3.20. The Morgan fingerprint density at radius 2 is 2.50 bits per heavy atom. The lowest BCUT2D eigenvalue weighted by Gasteiger charge is -2.08. The molecule has 0 radical (unpaired) electrons. The zero-order valence-corrected chi connectivity index (χ0v) is 8.20. The molecule has 0 aliphatic carbocycles. The first-order valence-electron chi connectivity index (χ1n) is 4.58. The molecule has 4 heteroatoms. The summed E-state index contributed by atoms with van der Waals surface area (Å²) in [7, 11) is 0. The van der Waals surface area contributed by atoms with Gasteiger partial charge in [0.25, 0.3) is 0 Å². The average Bonchev–Trinajstić information content (AvgIpc) is 2.18. The monoisotopic (exact) mass is 190 g/mol. The lowest BCUT2D eigenvalue weighted by atomic mass is 10.2. The number of nitrogens with one attached hydrogen (secondary N) is 1. The SMILES string of the molecule is CC(N)CCNc1ncccc1C#N. The van der Waals surface area contributed by atoms with E-state index in [1.807, 2.05) is 6.92 Å². The number of anilines is 1. The molecule has 1 heterocycles. The predicted octanol–water partition coefficient (Wildman–Crippen LogP) is 1.10. The van der Waals surface area contributed by atoms with Crippen molar-refractivity contribution in [3.05, 3.63) is 23.9 Å². The summed E-state index contributed by atoms with van der Waals surface area (Å²) < 4.78 is 0. The second-order valence-corrected chi connectivity index (χ2v) is 3.20. The Morgan fingerprint density at radius 1 is 1.71 bits per heavy atom. The van der Waals surface area contributed by atoms with Gasteiger partial charge in [-0.15, -0.1) is 0 Å². The van der Waals surface area contributed by atoms with Crippen LogP contribution in [0.2, 0.25) is 0 Å². The number of nitrogens with zero attached hydrogens (tertiary/aromatic N) is 2. The van der Waals surface area contributed by atoms with Gasteiger partial charge in [-0.05, 0) is 25.5 Å². The zero-order valence-electron chi connectivity index (χ0n) is 8.20. The van der Waals surface area contributed by atoms with Crippen molar-refractivity contribution < 1.29 is 0 Å². The fourth-order valence-electron chi connectivity index (χ4n) is 1.05. The molecule has 1 aromatic rings. The van der Waals surface area contributed by atoms with E-state index in [0.29, 0.717) is 11.4 Å². The third kappa shape index (κ3) is 3.04. The second kappa shape index (κ2) is 5.20. The topological polar surface area (TPSA) is 74.7 Å². The van der Waals surface area contributed by atoms with Crippen LogP contribution in [0.15, 0.2) is 18.3 Å². The molecule has 0 amide bonds. The number of rotatable bonds is 4. The Labute approximate surface area is 83.8 Å². The number of nitriles is 1. The minimum absolute atomic E-state index is 0.164. The van der Waals surface area contributed by atoms with Gasteiger partial charge in [-0.3, -0.25) is 0 Å². The van der Waals surface area contributed by atoms with Crippen LogP contribution in [0.1, 0.15) is 18.9 Å². The van der Waals surface area contributed by atoms with Crippen molar-refractivity contribution in [3.63, 3.8) is 0 Å². The van der Waals surface area contributed by atoms with Crippen molar-refractivity contribution in [2.24, 2.45) is 5.73 Å². The minimum Gasteiger partial charge on any atom is -0.369 e. The molecular weight excluding hydrogens is 176 g/mol. The van der Waals surface area contributed by atoms with Crippen LogP contribution in [-0.2, 0) is 0 Å². The highest BCUT2D eigenvalue weighted by molar-refractivity contribution is 5.50. The predicted molar refractivity (Wildman–Crippen MR) is 55.7 cm³/mol. The summed E-state index contributed by atoms with van der Waals surface area (Å²) in [6.45, 7) is 2.69. The molecular formula is C10H14N4. The van der Waals surface area contributed by atoms with Crippen LogP contribution in [0.4, 0.5) is 5.82 Å². The largest absolute Gasteiger partial charge is 0.369 e. The van der Waals surface area contributed by atoms with E-state index >= 15 is 0 Å². The van der Waals surface area contributed by atoms with Crippen LogP contribution in [-0.4, -0.2) is 17.6 Å². The van der Waals surface area contributed by atoms with E-state index in [0.717, 1.165) is 13.0 Å². The fourth-order valence-corrected chi connectivity index (χ4v) is 1.05. The molecule has 0 aromatic carbocycles. The summed E-state index contributed by atoms with van der Waals surface area (Å²) >= 11 is 0. The molecule has 1 rings (SSSR count). The maximum absolute atomic E-state index is 8.77. The van der Waals surface area contributed by atoms with Gasteiger partial charge in [0.2, 0.25) is 0 Å². The molecule has 0 spiro atoms. The number of aromatic nitrogens is 1. The average molecular weight is 190 g/mol. The molecule has 1 atom stereocenters. The van der Waals surface area contributed by atoms with E-state index in [1.54, 1.807) is 18.3 Å². The first kappa shape index (κ1) is 10.5. The molecule has 0 fully saturated rings. The Morgan fingerprint density at radius 3 is 3.14 bits per heavy atom. The first-order chi connectivity index (χ1) is 6.74. The lowest BCUT2D eigenvalue weighted by Crippen LogP contribution is -2.19. The normalized spacial score (nSPS) is 11.8. The number of pyridine rings is 1. The molecule has 1 unspecified atom stereocenters. The Bertz CT molecular complexity index is 327. The highest BCUT2D eigenvalue weighted by atomic mass is 15.0. The smallest absolute Gasteiger partial charge is 0.143 e. The van der Waals surface area contributed by atoms with Crippen molar-refractivity contribution in [3.8, 4) is 6.07 Å². The van der Waals surface area contributed by atoms with Gasteiger partial charge in [0, 0.05) is 18.8 Å². The molecule has 0 saturated carbocycles. The molecule has 3 N–H and O–H groups in total. The Balaban J connectivity index is 2.54. The molecule has 4 nitrogen and oxygen atoms in total. The third-order valence-corrected chi connectivity index (χ3v) is 1.82. The van der Waals surface area contributed by atoms with Crippen molar-refractivity contribution in [2.45, 2.75) is 19.4 Å². The van der Waals surface area contributed by atoms with Crippen LogP contribution < -0.4 is 11.1 Å². The van der Waals surface area contributed by atoms with Gasteiger partial charge < -0.3 is 11.1 Å². The minimum atomic E-state index is 0.164. The van der Waals surface area contributed by atoms with Crippen molar-refractivity contribution in [1.82, 2.24) is 4.98 Å². The van der Waals surface area contributed by atoms with Gasteiger partial charge in [0.15, 0.2) is 0 Å². The molecule has 0 aliphatic rings. The van der Waals surface area contributed by atoms with Gasteiger partial charge in [0.05, 0.1) is 5.56 Å². The number of nitrogens with two attached hydrogens (primary N) is 1. The summed E-state index contributed by atoms with van der Waals surface area (Å²) in [6.07, 6.45) is 2.52. The number of hydrogen-bond donors (Lipinski definition) is 2. The van der Waals surface area contributed by atoms with Gasteiger partial charge in [-0.25, -0.2) is 4.98 Å². The van der Waals surface area contributed by atoms with Crippen molar-refractivity contribution in [2.75, 3.05) is 11.9 Å². The van der Waals surface area contributed by atoms with E-state index < -0.39 is 0 Å². The molecule has 0 saturated heterocycles. The van der Waals surface area contributed by atoms with E-state index in [-0.39, 0.29) is 6.04 Å². The lowest BCUT2D eigenvalue weighted by molar-refractivity contribution is 0.689. The molecule has 1 aromatic heterocycles. The van der Waals surface area contributed by atoms with Crippen LogP contribution in [0, 0.1) is 11.3 Å². The Kier molecular flexibility index (Phi) is 3.89. The summed E-state index contributed by atoms with van der Waals surface area (Å²) in [6, 6.07) is 5.72. The fraction of sp³-hybridized carbons (Fsp3) is 0.400. The maximum atomic E-state index is 8.77. The summed E-state index contributed by atoms with van der Waals surface area (Å²) in [5.41, 5.74) is 6.17. The standard InChI is InChI=1S/C10H14N4/c1-8(12)4-6-14-10-9(7-11)3-2-5-13-10/h2-3,5,8H,4,6,12H2,1H3,(H,13,14).